The van der Waals surface area contributed by atoms with Crippen LogP contribution in [0.3, 0.4) is 0 Å². The first-order valence-electron chi connectivity index (χ1n) is 5.08. The van der Waals surface area contributed by atoms with Crippen LogP contribution in [0.5, 0.6) is 0 Å². The molecule has 1 heterocycles. The lowest BCUT2D eigenvalue weighted by Gasteiger charge is -2.06. The first kappa shape index (κ1) is 11.1. The predicted octanol–water partition coefficient (Wildman–Crippen LogP) is 2.99. The molecule has 0 unspecified atom stereocenters. The van der Waals surface area contributed by atoms with Gasteiger partial charge >= 0.3 is 0 Å². The van der Waals surface area contributed by atoms with Gasteiger partial charge in [0.15, 0.2) is 0 Å². The molecule has 4 heteroatoms. The largest absolute Gasteiger partial charge is 0.378 e. The molecule has 0 saturated heterocycles. The topological polar surface area (TPSA) is 29.9 Å². The van der Waals surface area contributed by atoms with E-state index in [1.54, 1.807) is 7.11 Å². The minimum Gasteiger partial charge on any atom is -0.378 e. The SMILES string of the molecule is COCc1cc(=S)n(-c2ccccc2C)[nH]1. The molecule has 1 aromatic heterocycles. The van der Waals surface area contributed by atoms with Gasteiger partial charge in [-0.3, -0.25) is 5.10 Å². The number of benzene rings is 1. The van der Waals surface area contributed by atoms with E-state index in [0.29, 0.717) is 6.61 Å². The molecule has 0 amide bonds. The van der Waals surface area contributed by atoms with Crippen LogP contribution < -0.4 is 0 Å². The van der Waals surface area contributed by atoms with E-state index in [9.17, 15) is 0 Å². The minimum atomic E-state index is 0.544. The lowest BCUT2D eigenvalue weighted by molar-refractivity contribution is 0.181. The Morgan fingerprint density at radius 2 is 2.12 bits per heavy atom. The number of H-pyrrole nitrogens is 1. The highest BCUT2D eigenvalue weighted by Crippen LogP contribution is 2.14. The lowest BCUT2D eigenvalue weighted by atomic mass is 10.2. The summed E-state index contributed by atoms with van der Waals surface area (Å²) in [5.74, 6) is 0. The summed E-state index contributed by atoms with van der Waals surface area (Å²) in [4.78, 5) is 0. The fourth-order valence-corrected chi connectivity index (χ4v) is 1.95. The van der Waals surface area contributed by atoms with Crippen LogP contribution in [0.25, 0.3) is 5.69 Å². The molecule has 0 aliphatic rings. The Morgan fingerprint density at radius 3 is 2.81 bits per heavy atom. The summed E-state index contributed by atoms with van der Waals surface area (Å²) in [6.07, 6.45) is 0. The maximum atomic E-state index is 5.30. The van der Waals surface area contributed by atoms with E-state index in [-0.39, 0.29) is 0 Å². The van der Waals surface area contributed by atoms with Gasteiger partial charge < -0.3 is 4.74 Å². The van der Waals surface area contributed by atoms with E-state index < -0.39 is 0 Å². The van der Waals surface area contributed by atoms with Gasteiger partial charge in [0.1, 0.15) is 4.64 Å². The summed E-state index contributed by atoms with van der Waals surface area (Å²) in [6, 6.07) is 10.0. The van der Waals surface area contributed by atoms with Crippen molar-refractivity contribution in [3.8, 4) is 5.69 Å². The van der Waals surface area contributed by atoms with E-state index in [2.05, 4.69) is 18.1 Å². The Bertz CT molecular complexity index is 542. The molecule has 2 rings (SSSR count). The maximum absolute atomic E-state index is 5.30. The summed E-state index contributed by atoms with van der Waals surface area (Å²) in [6.45, 7) is 2.61. The van der Waals surface area contributed by atoms with Crippen LogP contribution in [0.4, 0.5) is 0 Å². The molecule has 0 spiro atoms. The third-order valence-corrected chi connectivity index (χ3v) is 2.73. The maximum Gasteiger partial charge on any atom is 0.128 e. The number of aryl methyl sites for hydroxylation is 1. The third kappa shape index (κ3) is 2.08. The van der Waals surface area contributed by atoms with Crippen molar-refractivity contribution in [1.29, 1.82) is 0 Å². The number of aromatic amines is 1. The Hall–Kier alpha value is -1.39. The molecule has 84 valence electrons. The van der Waals surface area contributed by atoms with Crippen LogP contribution in [-0.2, 0) is 11.3 Å². The smallest absolute Gasteiger partial charge is 0.128 e. The number of methoxy groups -OCH3 is 1. The van der Waals surface area contributed by atoms with Gasteiger partial charge in [0, 0.05) is 7.11 Å². The fraction of sp³-hybridized carbons (Fsp3) is 0.250. The fourth-order valence-electron chi connectivity index (χ4n) is 1.67. The lowest BCUT2D eigenvalue weighted by Crippen LogP contribution is -2.00. The Labute approximate surface area is 99.7 Å². The first-order chi connectivity index (χ1) is 7.72. The highest BCUT2D eigenvalue weighted by molar-refractivity contribution is 7.71. The van der Waals surface area contributed by atoms with Gasteiger partial charge in [0.05, 0.1) is 18.0 Å². The van der Waals surface area contributed by atoms with Crippen molar-refractivity contribution in [2.24, 2.45) is 0 Å². The first-order valence-corrected chi connectivity index (χ1v) is 5.49. The summed E-state index contributed by atoms with van der Waals surface area (Å²) >= 11 is 5.30. The van der Waals surface area contributed by atoms with E-state index in [1.807, 2.05) is 28.9 Å². The molecule has 0 bridgehead atoms. The molecule has 0 radical (unpaired) electrons. The number of aromatic nitrogens is 2. The Morgan fingerprint density at radius 1 is 1.38 bits per heavy atom. The van der Waals surface area contributed by atoms with Gasteiger partial charge in [-0.2, -0.15) is 0 Å². The number of hydrogen-bond acceptors (Lipinski definition) is 2. The molecular formula is C12H14N2OS. The van der Waals surface area contributed by atoms with Crippen LogP contribution in [0.2, 0.25) is 0 Å². The highest BCUT2D eigenvalue weighted by Gasteiger charge is 2.04. The molecule has 2 aromatic rings. The second kappa shape index (κ2) is 4.63. The third-order valence-electron chi connectivity index (χ3n) is 2.43. The van der Waals surface area contributed by atoms with Crippen LogP contribution in [0.15, 0.2) is 30.3 Å². The average Bonchev–Trinajstić information content (AvgIpc) is 2.61. The van der Waals surface area contributed by atoms with Gasteiger partial charge in [-0.1, -0.05) is 30.4 Å². The summed E-state index contributed by atoms with van der Waals surface area (Å²) in [7, 11) is 1.67. The van der Waals surface area contributed by atoms with Gasteiger partial charge in [-0.25, -0.2) is 4.68 Å². The number of nitrogens with one attached hydrogen (secondary N) is 1. The number of hydrogen-bond donors (Lipinski definition) is 1. The zero-order chi connectivity index (χ0) is 11.5. The second-order valence-corrected chi connectivity index (χ2v) is 4.09. The van der Waals surface area contributed by atoms with Crippen molar-refractivity contribution >= 4 is 12.2 Å². The molecular weight excluding hydrogens is 220 g/mol. The summed E-state index contributed by atoms with van der Waals surface area (Å²) < 4.78 is 7.74. The zero-order valence-corrected chi connectivity index (χ0v) is 10.2. The van der Waals surface area contributed by atoms with Crippen molar-refractivity contribution in [2.45, 2.75) is 13.5 Å². The molecule has 0 fully saturated rings. The van der Waals surface area contributed by atoms with E-state index in [4.69, 9.17) is 17.0 Å². The predicted molar refractivity (Wildman–Crippen MR) is 66.4 cm³/mol. The van der Waals surface area contributed by atoms with Crippen molar-refractivity contribution in [2.75, 3.05) is 7.11 Å². The Kier molecular flexibility index (Phi) is 3.22. The van der Waals surface area contributed by atoms with Crippen molar-refractivity contribution in [3.63, 3.8) is 0 Å². The number of rotatable bonds is 3. The highest BCUT2D eigenvalue weighted by atomic mass is 32.1. The molecule has 16 heavy (non-hydrogen) atoms. The van der Waals surface area contributed by atoms with E-state index in [1.165, 1.54) is 5.56 Å². The summed E-state index contributed by atoms with van der Waals surface area (Å²) in [5.41, 5.74) is 3.25. The number of ether oxygens (including phenoxy) is 1. The number of nitrogens with zero attached hydrogens (tertiary/aromatic N) is 1. The van der Waals surface area contributed by atoms with Crippen LogP contribution in [-0.4, -0.2) is 16.9 Å². The Balaban J connectivity index is 2.48. The molecule has 0 saturated carbocycles. The van der Waals surface area contributed by atoms with Crippen LogP contribution in [0.1, 0.15) is 11.3 Å². The molecule has 0 aliphatic carbocycles. The van der Waals surface area contributed by atoms with Crippen LogP contribution >= 0.6 is 12.2 Å². The van der Waals surface area contributed by atoms with Gasteiger partial charge in [-0.05, 0) is 24.6 Å². The second-order valence-electron chi connectivity index (χ2n) is 3.67. The molecule has 0 atom stereocenters. The standard InChI is InChI=1S/C12H14N2OS/c1-9-5-3-4-6-11(9)14-12(16)7-10(13-14)8-15-2/h3-7,13H,8H2,1-2H3. The quantitative estimate of drug-likeness (QED) is 0.827. The van der Waals surface area contributed by atoms with Gasteiger partial charge in [0.2, 0.25) is 0 Å². The molecule has 1 N–H and O–H groups in total. The average molecular weight is 234 g/mol. The van der Waals surface area contributed by atoms with Gasteiger partial charge in [0.25, 0.3) is 0 Å². The minimum absolute atomic E-state index is 0.544. The van der Waals surface area contributed by atoms with Gasteiger partial charge in [-0.15, -0.1) is 0 Å². The summed E-state index contributed by atoms with van der Waals surface area (Å²) in [5, 5.41) is 3.23. The zero-order valence-electron chi connectivity index (χ0n) is 9.36. The van der Waals surface area contributed by atoms with E-state index >= 15 is 0 Å². The van der Waals surface area contributed by atoms with Crippen molar-refractivity contribution in [1.82, 2.24) is 9.78 Å². The van der Waals surface area contributed by atoms with Crippen molar-refractivity contribution in [3.05, 3.63) is 46.2 Å². The normalized spacial score (nSPS) is 10.6. The molecule has 3 nitrogen and oxygen atoms in total. The van der Waals surface area contributed by atoms with E-state index in [0.717, 1.165) is 16.0 Å². The molecule has 1 aromatic carbocycles. The van der Waals surface area contributed by atoms with Crippen molar-refractivity contribution < 1.29 is 4.74 Å². The monoisotopic (exact) mass is 234 g/mol. The van der Waals surface area contributed by atoms with Crippen LogP contribution in [0, 0.1) is 11.6 Å². The molecule has 0 aliphatic heterocycles. The number of para-hydroxylation sites is 1.